The number of pyridine rings is 2. The van der Waals surface area contributed by atoms with Crippen molar-refractivity contribution < 1.29 is 0 Å². The molecule has 2 aromatic heterocycles. The fraction of sp³-hybridized carbons (Fsp3) is 0.0909. The minimum Gasteiger partial charge on any atom is -0.314 e. The van der Waals surface area contributed by atoms with E-state index in [9.17, 15) is 0 Å². The monoisotopic (exact) mass is 341 g/mol. The zero-order chi connectivity index (χ0) is 11.5. The molecule has 0 saturated heterocycles. The first-order valence-corrected chi connectivity index (χ1v) is 6.22. The largest absolute Gasteiger partial charge is 0.314 e. The maximum Gasteiger partial charge on any atom is 0.133 e. The fourth-order valence-electron chi connectivity index (χ4n) is 1.25. The maximum absolute atomic E-state index is 4.30. The summed E-state index contributed by atoms with van der Waals surface area (Å²) in [6.07, 6.45) is 3.54. The second-order valence-electron chi connectivity index (χ2n) is 3.23. The zero-order valence-electron chi connectivity index (χ0n) is 8.56. The summed E-state index contributed by atoms with van der Waals surface area (Å²) in [5.74, 6) is 1.72. The van der Waals surface area contributed by atoms with E-state index in [0.717, 1.165) is 20.6 Å². The molecule has 0 amide bonds. The summed E-state index contributed by atoms with van der Waals surface area (Å²) in [7, 11) is 1.94. The number of hydrogen-bond acceptors (Lipinski definition) is 3. The summed E-state index contributed by atoms with van der Waals surface area (Å²) in [5, 5.41) is 0. The topological polar surface area (TPSA) is 29.0 Å². The molecule has 5 heteroatoms. The smallest absolute Gasteiger partial charge is 0.133 e. The number of nitrogens with zero attached hydrogens (tertiary/aromatic N) is 3. The highest BCUT2D eigenvalue weighted by Crippen LogP contribution is 2.21. The first kappa shape index (κ1) is 11.5. The minimum absolute atomic E-state index is 0.859. The van der Waals surface area contributed by atoms with Gasteiger partial charge in [0.15, 0.2) is 0 Å². The second-order valence-corrected chi connectivity index (χ2v) is 5.06. The van der Waals surface area contributed by atoms with Crippen LogP contribution in [-0.4, -0.2) is 17.0 Å². The first-order valence-electron chi connectivity index (χ1n) is 4.63. The van der Waals surface area contributed by atoms with E-state index in [1.54, 1.807) is 12.4 Å². The molecule has 0 aliphatic carbocycles. The standard InChI is InChI=1S/C11H9Br2N3/c1-16(10-4-2-8(12)6-14-10)11-5-3-9(13)7-15-11/h2-7H,1H3. The fourth-order valence-corrected chi connectivity index (χ4v) is 1.72. The van der Waals surface area contributed by atoms with E-state index in [4.69, 9.17) is 0 Å². The maximum atomic E-state index is 4.30. The van der Waals surface area contributed by atoms with Crippen LogP contribution >= 0.6 is 31.9 Å². The molecule has 3 nitrogen and oxygen atoms in total. The highest BCUT2D eigenvalue weighted by molar-refractivity contribution is 9.10. The van der Waals surface area contributed by atoms with Gasteiger partial charge in [-0.3, -0.25) is 0 Å². The summed E-state index contributed by atoms with van der Waals surface area (Å²) < 4.78 is 1.93. The number of halogens is 2. The van der Waals surface area contributed by atoms with Gasteiger partial charge in [0.1, 0.15) is 11.6 Å². The molecule has 0 bridgehead atoms. The Hall–Kier alpha value is -0.940. The Labute approximate surface area is 111 Å². The molecule has 82 valence electrons. The summed E-state index contributed by atoms with van der Waals surface area (Å²) in [5.41, 5.74) is 0. The average molecular weight is 343 g/mol. The Morgan fingerprint density at radius 3 is 1.62 bits per heavy atom. The molecular formula is C11H9Br2N3. The Balaban J connectivity index is 2.28. The molecular weight excluding hydrogens is 334 g/mol. The van der Waals surface area contributed by atoms with Crippen LogP contribution in [0.4, 0.5) is 11.6 Å². The van der Waals surface area contributed by atoms with E-state index >= 15 is 0 Å². The summed E-state index contributed by atoms with van der Waals surface area (Å²) >= 11 is 6.71. The van der Waals surface area contributed by atoms with Crippen molar-refractivity contribution in [3.8, 4) is 0 Å². The molecule has 16 heavy (non-hydrogen) atoms. The van der Waals surface area contributed by atoms with Crippen molar-refractivity contribution in [1.29, 1.82) is 0 Å². The predicted octanol–water partition coefficient (Wildman–Crippen LogP) is 3.77. The lowest BCUT2D eigenvalue weighted by molar-refractivity contribution is 1.07. The number of rotatable bonds is 2. The number of anilines is 2. The van der Waals surface area contributed by atoms with Gasteiger partial charge in [0, 0.05) is 28.4 Å². The first-order chi connectivity index (χ1) is 7.66. The van der Waals surface area contributed by atoms with Gasteiger partial charge in [0.2, 0.25) is 0 Å². The normalized spacial score (nSPS) is 10.2. The molecule has 0 radical (unpaired) electrons. The highest BCUT2D eigenvalue weighted by Gasteiger charge is 2.05. The van der Waals surface area contributed by atoms with Crippen molar-refractivity contribution in [1.82, 2.24) is 9.97 Å². The van der Waals surface area contributed by atoms with E-state index < -0.39 is 0 Å². The third kappa shape index (κ3) is 2.59. The number of aromatic nitrogens is 2. The highest BCUT2D eigenvalue weighted by atomic mass is 79.9. The van der Waals surface area contributed by atoms with Crippen LogP contribution in [-0.2, 0) is 0 Å². The van der Waals surface area contributed by atoms with Crippen molar-refractivity contribution in [3.05, 3.63) is 45.6 Å². The van der Waals surface area contributed by atoms with Crippen molar-refractivity contribution in [2.24, 2.45) is 0 Å². The Kier molecular flexibility index (Phi) is 3.56. The molecule has 0 aromatic carbocycles. The Bertz CT molecular complexity index is 422. The van der Waals surface area contributed by atoms with Crippen LogP contribution in [0, 0.1) is 0 Å². The molecule has 2 heterocycles. The third-order valence-electron chi connectivity index (χ3n) is 2.11. The lowest BCUT2D eigenvalue weighted by atomic mass is 10.4. The summed E-state index contributed by atoms with van der Waals surface area (Å²) in [4.78, 5) is 10.5. The second kappa shape index (κ2) is 4.93. The van der Waals surface area contributed by atoms with Crippen LogP contribution < -0.4 is 4.90 Å². The van der Waals surface area contributed by atoms with E-state index in [2.05, 4.69) is 41.8 Å². The van der Waals surface area contributed by atoms with E-state index in [1.165, 1.54) is 0 Å². The molecule has 0 aliphatic heterocycles. The van der Waals surface area contributed by atoms with Gasteiger partial charge >= 0.3 is 0 Å². The molecule has 2 rings (SSSR count). The quantitative estimate of drug-likeness (QED) is 0.831. The predicted molar refractivity (Wildman–Crippen MR) is 71.9 cm³/mol. The van der Waals surface area contributed by atoms with Crippen LogP contribution in [0.15, 0.2) is 45.6 Å². The van der Waals surface area contributed by atoms with Crippen LogP contribution in [0.25, 0.3) is 0 Å². The van der Waals surface area contributed by atoms with Crippen molar-refractivity contribution in [2.75, 3.05) is 11.9 Å². The number of hydrogen-bond donors (Lipinski definition) is 0. The zero-order valence-corrected chi connectivity index (χ0v) is 11.7. The van der Waals surface area contributed by atoms with Gasteiger partial charge in [-0.25, -0.2) is 9.97 Å². The van der Waals surface area contributed by atoms with Gasteiger partial charge in [0.05, 0.1) is 0 Å². The SMILES string of the molecule is CN(c1ccc(Br)cn1)c1ccc(Br)cn1. The van der Waals surface area contributed by atoms with Gasteiger partial charge < -0.3 is 4.90 Å². The van der Waals surface area contributed by atoms with Gasteiger partial charge in [-0.2, -0.15) is 0 Å². The molecule has 0 N–H and O–H groups in total. The van der Waals surface area contributed by atoms with E-state index in [1.807, 2.05) is 36.2 Å². The average Bonchev–Trinajstić information content (AvgIpc) is 2.30. The molecule has 0 unspecified atom stereocenters. The van der Waals surface area contributed by atoms with Gasteiger partial charge in [-0.05, 0) is 56.1 Å². The van der Waals surface area contributed by atoms with Crippen LogP contribution in [0.2, 0.25) is 0 Å². The lowest BCUT2D eigenvalue weighted by Gasteiger charge is -2.16. The molecule has 0 fully saturated rings. The van der Waals surface area contributed by atoms with Crippen molar-refractivity contribution >= 4 is 43.5 Å². The summed E-state index contributed by atoms with van der Waals surface area (Å²) in [6.45, 7) is 0. The van der Waals surface area contributed by atoms with Crippen LogP contribution in [0.3, 0.4) is 0 Å². The third-order valence-corrected chi connectivity index (χ3v) is 3.05. The Morgan fingerprint density at radius 2 is 1.31 bits per heavy atom. The van der Waals surface area contributed by atoms with Gasteiger partial charge in [-0.1, -0.05) is 0 Å². The van der Waals surface area contributed by atoms with E-state index in [-0.39, 0.29) is 0 Å². The molecule has 0 spiro atoms. The van der Waals surface area contributed by atoms with Crippen LogP contribution in [0.5, 0.6) is 0 Å². The molecule has 0 aliphatic rings. The summed E-state index contributed by atoms with van der Waals surface area (Å²) in [6, 6.07) is 7.79. The molecule has 0 atom stereocenters. The van der Waals surface area contributed by atoms with E-state index in [0.29, 0.717) is 0 Å². The van der Waals surface area contributed by atoms with Crippen molar-refractivity contribution in [3.63, 3.8) is 0 Å². The van der Waals surface area contributed by atoms with Crippen molar-refractivity contribution in [2.45, 2.75) is 0 Å². The van der Waals surface area contributed by atoms with Crippen LogP contribution in [0.1, 0.15) is 0 Å². The lowest BCUT2D eigenvalue weighted by Crippen LogP contribution is -2.12. The minimum atomic E-state index is 0.859. The molecule has 0 saturated carbocycles. The molecule has 2 aromatic rings. The van der Waals surface area contributed by atoms with Gasteiger partial charge in [-0.15, -0.1) is 0 Å². The van der Waals surface area contributed by atoms with Gasteiger partial charge in [0.25, 0.3) is 0 Å². The Morgan fingerprint density at radius 1 is 0.875 bits per heavy atom.